The number of alkyl halides is 3. The lowest BCUT2D eigenvalue weighted by Crippen LogP contribution is -2.54. The highest BCUT2D eigenvalue weighted by Gasteiger charge is 2.41. The number of carboxylic acid groups (broad SMARTS) is 1. The van der Waals surface area contributed by atoms with Crippen LogP contribution in [-0.4, -0.2) is 262 Å². The number of nitrogens with one attached hydrogen (secondary N) is 4. The zero-order chi connectivity index (χ0) is 80.4. The largest absolute Gasteiger partial charge is 0.481 e. The minimum atomic E-state index is -3.96. The van der Waals surface area contributed by atoms with Crippen LogP contribution < -0.4 is 44.6 Å². The molecule has 26 heteroatoms. The van der Waals surface area contributed by atoms with Gasteiger partial charge in [0.25, 0.3) is 0 Å². The van der Waals surface area contributed by atoms with Crippen LogP contribution in [0.2, 0.25) is 0 Å². The average Bonchev–Trinajstić information content (AvgIpc) is 1.04. The fraction of sp³-hybridized carbons (Fsp3) is 0.947. The van der Waals surface area contributed by atoms with Gasteiger partial charge in [-0.25, -0.2) is 4.98 Å². The van der Waals surface area contributed by atoms with Crippen LogP contribution >= 0.6 is 0 Å². The predicted octanol–water partition coefficient (Wildman–Crippen LogP) is 9.95. The summed E-state index contributed by atoms with van der Waals surface area (Å²) in [5, 5.41) is 79.6. The second-order valence-corrected chi connectivity index (χ2v) is 25.5. The van der Waals surface area contributed by atoms with Gasteiger partial charge in [-0.15, -0.1) is 0 Å². The fourth-order valence-corrected chi connectivity index (χ4v) is 7.20. The monoisotopic (exact) mass is 1480 g/mol. The number of rotatable bonds is 41. The van der Waals surface area contributed by atoms with Gasteiger partial charge < -0.3 is 110 Å². The summed E-state index contributed by atoms with van der Waals surface area (Å²) in [6.07, 6.45) is 21.6. The third-order valence-corrected chi connectivity index (χ3v) is 14.0. The molecule has 1 aromatic rings. The highest BCUT2D eigenvalue weighted by molar-refractivity contribution is 5.69. The van der Waals surface area contributed by atoms with E-state index < -0.39 is 55.7 Å². The van der Waals surface area contributed by atoms with Crippen molar-refractivity contribution >= 4 is 5.97 Å². The first-order valence-corrected chi connectivity index (χ1v) is 39.0. The molecule has 1 fully saturated rings. The van der Waals surface area contributed by atoms with Gasteiger partial charge in [0.15, 0.2) is 6.29 Å². The van der Waals surface area contributed by atoms with Gasteiger partial charge in [0.2, 0.25) is 0 Å². The molecular weight excluding hydrogens is 1300 g/mol. The average molecular weight is 1480 g/mol. The van der Waals surface area contributed by atoms with E-state index in [-0.39, 0.29) is 12.0 Å². The maximum atomic E-state index is 10.8. The van der Waals surface area contributed by atoms with Crippen molar-refractivity contribution in [1.29, 1.82) is 0 Å². The van der Waals surface area contributed by atoms with Crippen molar-refractivity contribution in [3.8, 4) is 0 Å². The molecule has 0 spiro atoms. The van der Waals surface area contributed by atoms with E-state index in [4.69, 9.17) is 64.0 Å². The van der Waals surface area contributed by atoms with Crippen LogP contribution in [0.3, 0.4) is 0 Å². The number of hydrogen-bond acceptors (Lipinski definition) is 21. The van der Waals surface area contributed by atoms with Crippen LogP contribution in [0.1, 0.15) is 257 Å². The first-order valence-electron chi connectivity index (χ1n) is 39.0. The number of nitrogens with two attached hydrogens (primary N) is 5. The molecule has 23 nitrogen and oxygen atoms in total. The molecule has 22 N–H and O–H groups in total. The van der Waals surface area contributed by atoms with E-state index in [1.807, 2.05) is 13.8 Å². The highest BCUT2D eigenvalue weighted by atomic mass is 19.4. The molecule has 0 amide bonds. The van der Waals surface area contributed by atoms with Gasteiger partial charge >= 0.3 is 12.1 Å². The van der Waals surface area contributed by atoms with Crippen LogP contribution in [0.4, 0.5) is 13.2 Å². The number of halogens is 3. The Morgan fingerprint density at radius 2 is 1.03 bits per heavy atom. The number of aliphatic hydroxyl groups is 7. The number of imidazole rings is 1. The fourth-order valence-electron chi connectivity index (χ4n) is 7.20. The zero-order valence-corrected chi connectivity index (χ0v) is 69.2. The lowest BCUT2D eigenvalue weighted by Gasteiger charge is -2.38. The Bertz CT molecular complexity index is 1480. The van der Waals surface area contributed by atoms with Crippen molar-refractivity contribution < 1.29 is 63.6 Å². The maximum Gasteiger partial charge on any atom is 0.388 e. The van der Waals surface area contributed by atoms with E-state index in [2.05, 4.69) is 145 Å². The molecule has 0 bridgehead atoms. The van der Waals surface area contributed by atoms with Gasteiger partial charge in [-0.05, 0) is 164 Å². The second kappa shape index (κ2) is 106. The summed E-state index contributed by atoms with van der Waals surface area (Å²) in [6, 6.07) is 0. The number of hydrogen-bond donors (Lipinski definition) is 17. The molecule has 2 rings (SSSR count). The molecule has 0 saturated carbocycles. The van der Waals surface area contributed by atoms with E-state index in [0.29, 0.717) is 26.2 Å². The van der Waals surface area contributed by atoms with Gasteiger partial charge in [-0.2, -0.15) is 13.2 Å². The number of aliphatic carboxylic acids is 1. The lowest BCUT2D eigenvalue weighted by atomic mass is 9.93. The number of nitrogens with zero attached hydrogens (tertiary/aromatic N) is 4. The van der Waals surface area contributed by atoms with E-state index >= 15 is 0 Å². The Hall–Kier alpha value is -2.29. The number of aromatic amines is 1. The number of unbranched alkanes of at least 4 members (excludes halogenated alkanes) is 10. The van der Waals surface area contributed by atoms with Crippen molar-refractivity contribution in [2.45, 2.75) is 295 Å². The van der Waals surface area contributed by atoms with Crippen LogP contribution in [0.25, 0.3) is 0 Å². The van der Waals surface area contributed by atoms with Crippen molar-refractivity contribution in [1.82, 2.24) is 40.6 Å². The van der Waals surface area contributed by atoms with E-state index in [1.54, 1.807) is 26.4 Å². The normalized spacial score (nSPS) is 15.6. The number of H-pyrrole nitrogens is 1. The van der Waals surface area contributed by atoms with Gasteiger partial charge in [-0.1, -0.05) is 174 Å². The quantitative estimate of drug-likeness (QED) is 0.0271. The topological polar surface area (TPSA) is 393 Å². The number of ether oxygens (including phenoxy) is 1. The summed E-state index contributed by atoms with van der Waals surface area (Å²) in [7, 11) is 10.5. The van der Waals surface area contributed by atoms with Crippen LogP contribution in [-0.2, 0) is 16.0 Å². The predicted molar refractivity (Wildman–Crippen MR) is 426 cm³/mol. The second-order valence-electron chi connectivity index (χ2n) is 25.5. The zero-order valence-electron chi connectivity index (χ0n) is 69.2. The van der Waals surface area contributed by atoms with Gasteiger partial charge in [0, 0.05) is 89.7 Å². The molecule has 622 valence electrons. The molecule has 1 aliphatic rings. The standard InChI is InChI=1S/C10H25N3.C7H10N2O2.C7H17N.C7H14O5.C7H16O.C6H16N2.C6H15N.C5H14N2.C5H13N.C5H12.C4H11NO.C3H5F3.C3H8O/c1-2-7-12-8-4-3-5-9-13-10-6-11;1-5(7(10)11)2-6-3-8-4-9-6;1-3-4-5-7(2)6-8;1-3-5(9)6(10)4(2-8)12-7(3)11;1-2-3-4-5-6-7-8;1-3-5-8(2)6-4-7;1-4-5-6-7(2)3;1-2-4-7-5-3-6;1-4-5-6(2)3;1-3-5-4-2;1-2-4(6)3-5;1-2-3(4,5)6;1-2-3-4/h12-13H,2-11H2,1H3;3-5H,2H2,1H3,(H,8,9)(H,10,11);7H,3-6,8H2,1-2H3;3-11H,2H2,1H3;8H,2-7H2,1H3;3-7H2,1-2H3;4-6H2,1-3H3;7H,2-6H2,1H3;4-5H2,1-3H3;3-5H2,1-2H3;4,6H,2-3,5H2,1H3;2H2,1H3;4H,2-3H2,1H3. The highest BCUT2D eigenvalue weighted by Crippen LogP contribution is 2.24. The number of likely N-dealkylation sites (N-methyl/N-ethyl adjacent to an activating group) is 1. The summed E-state index contributed by atoms with van der Waals surface area (Å²) in [4.78, 5) is 23.7. The van der Waals surface area contributed by atoms with E-state index in [9.17, 15) is 28.2 Å². The Kier molecular flexibility index (Phi) is 129. The number of carboxylic acids is 1. The summed E-state index contributed by atoms with van der Waals surface area (Å²) < 4.78 is 37.2. The molecule has 0 aromatic carbocycles. The minimum absolute atomic E-state index is 0.287. The van der Waals surface area contributed by atoms with Crippen molar-refractivity contribution in [3.05, 3.63) is 18.2 Å². The molecule has 101 heavy (non-hydrogen) atoms. The van der Waals surface area contributed by atoms with Crippen molar-refractivity contribution in [3.63, 3.8) is 0 Å². The molecule has 1 aliphatic heterocycles. The Morgan fingerprint density at radius 3 is 1.33 bits per heavy atom. The van der Waals surface area contributed by atoms with Crippen LogP contribution in [0.5, 0.6) is 0 Å². The molecule has 8 unspecified atom stereocenters. The number of carbonyl (C=O) groups is 1. The molecule has 1 saturated heterocycles. The summed E-state index contributed by atoms with van der Waals surface area (Å²) in [5.41, 5.74) is 27.2. The van der Waals surface area contributed by atoms with Gasteiger partial charge in [0.1, 0.15) is 12.2 Å². The van der Waals surface area contributed by atoms with Crippen LogP contribution in [0.15, 0.2) is 12.5 Å². The maximum absolute atomic E-state index is 10.8. The molecule has 0 aliphatic carbocycles. The van der Waals surface area contributed by atoms with E-state index in [1.165, 1.54) is 142 Å². The van der Waals surface area contributed by atoms with Crippen LogP contribution in [0, 0.1) is 17.8 Å². The molecule has 2 heterocycles. The molecule has 8 atom stereocenters. The number of aliphatic hydroxyl groups excluding tert-OH is 7. The Morgan fingerprint density at radius 1 is 0.574 bits per heavy atom. The van der Waals surface area contributed by atoms with Gasteiger partial charge in [-0.3, -0.25) is 4.79 Å². The SMILES string of the molecule is CC(Cc1cnc[nH]1)C(=O)O.CC1C(O)OC(CO)C(O)C1O.CCC(F)(F)F.CCC(O)CN.CCCCC.CCCCC(C)CN.CCCCCCCO.CCCCN(C)C.CCCN(C)C.CCCN(C)CCN.CCCNCCCCCNCCN.CCCNCCN.CCCO. The summed E-state index contributed by atoms with van der Waals surface area (Å²) in [6.45, 7) is 44.9. The summed E-state index contributed by atoms with van der Waals surface area (Å²) >= 11 is 0. The van der Waals surface area contributed by atoms with E-state index in [0.717, 1.165) is 110 Å². The molecule has 1 aromatic heterocycles. The summed E-state index contributed by atoms with van der Waals surface area (Å²) in [5.74, 6) is -0.937. The third kappa shape index (κ3) is 131. The Labute approximate surface area is 620 Å². The van der Waals surface area contributed by atoms with Crippen molar-refractivity contribution in [2.24, 2.45) is 46.4 Å². The minimum Gasteiger partial charge on any atom is -0.481 e. The molecule has 0 radical (unpaired) electrons. The molecular formula is C75H176F3N13O10. The van der Waals surface area contributed by atoms with Crippen molar-refractivity contribution in [2.75, 3.05) is 153 Å². The first-order chi connectivity index (χ1) is 47.9. The van der Waals surface area contributed by atoms with Gasteiger partial charge in [0.05, 0.1) is 31.1 Å². The third-order valence-electron chi connectivity index (χ3n) is 14.0. The smallest absolute Gasteiger partial charge is 0.388 e. The lowest BCUT2D eigenvalue weighted by molar-refractivity contribution is -0.266. The Balaban J connectivity index is -0.0000000977. The first kappa shape index (κ1) is 123. The number of aromatic nitrogens is 2.